The lowest BCUT2D eigenvalue weighted by atomic mass is 10.2. The van der Waals surface area contributed by atoms with Crippen LogP contribution in [0, 0.1) is 5.82 Å². The fourth-order valence-electron chi connectivity index (χ4n) is 1.64. The number of carbonyl (C=O) groups is 1. The van der Waals surface area contributed by atoms with Crippen molar-refractivity contribution in [2.24, 2.45) is 4.40 Å². The summed E-state index contributed by atoms with van der Waals surface area (Å²) in [6.45, 7) is 0. The van der Waals surface area contributed by atoms with Gasteiger partial charge in [0, 0.05) is 19.2 Å². The monoisotopic (exact) mass is 304 g/mol. The third-order valence-corrected chi connectivity index (χ3v) is 4.20. The molecule has 0 bridgehead atoms. The van der Waals surface area contributed by atoms with E-state index < -0.39 is 21.7 Å². The van der Waals surface area contributed by atoms with Crippen molar-refractivity contribution in [1.29, 1.82) is 0 Å². The van der Waals surface area contributed by atoms with Crippen LogP contribution in [0.15, 0.2) is 22.6 Å². The molecule has 1 aliphatic rings. The van der Waals surface area contributed by atoms with Crippen LogP contribution < -0.4 is 4.90 Å². The van der Waals surface area contributed by atoms with Crippen molar-refractivity contribution in [1.82, 2.24) is 0 Å². The smallest absolute Gasteiger partial charge is 0.273 e. The van der Waals surface area contributed by atoms with Crippen molar-refractivity contribution in [3.05, 3.63) is 29.0 Å². The van der Waals surface area contributed by atoms with Crippen molar-refractivity contribution in [3.63, 3.8) is 0 Å². The first-order valence-corrected chi connectivity index (χ1v) is 7.33. The quantitative estimate of drug-likeness (QED) is 0.834. The van der Waals surface area contributed by atoms with Crippen LogP contribution >= 0.6 is 11.6 Å². The molecule has 5 nitrogen and oxygen atoms in total. The lowest BCUT2D eigenvalue weighted by Gasteiger charge is -2.17. The van der Waals surface area contributed by atoms with E-state index in [-0.39, 0.29) is 22.9 Å². The van der Waals surface area contributed by atoms with E-state index in [1.165, 1.54) is 24.1 Å². The Kier molecular flexibility index (Phi) is 3.60. The minimum atomic E-state index is -3.52. The molecule has 0 radical (unpaired) electrons. The molecule has 102 valence electrons. The minimum absolute atomic E-state index is 0.0250. The maximum atomic E-state index is 13.0. The molecule has 1 heterocycles. The van der Waals surface area contributed by atoms with E-state index in [0.717, 1.165) is 6.07 Å². The van der Waals surface area contributed by atoms with Crippen LogP contribution in [0.3, 0.4) is 0 Å². The molecule has 0 saturated heterocycles. The molecule has 1 aromatic rings. The Morgan fingerprint density at radius 1 is 1.47 bits per heavy atom. The van der Waals surface area contributed by atoms with Crippen LogP contribution in [-0.4, -0.2) is 32.8 Å². The number of rotatable bonds is 2. The summed E-state index contributed by atoms with van der Waals surface area (Å²) in [7, 11) is -2.07. The van der Waals surface area contributed by atoms with Gasteiger partial charge in [0.1, 0.15) is 11.5 Å². The molecule has 2 rings (SSSR count). The van der Waals surface area contributed by atoms with Gasteiger partial charge in [0.2, 0.25) is 0 Å². The van der Waals surface area contributed by atoms with Gasteiger partial charge in [-0.15, -0.1) is 0 Å². The van der Waals surface area contributed by atoms with Crippen molar-refractivity contribution < 1.29 is 17.6 Å². The average molecular weight is 305 g/mol. The predicted molar refractivity (Wildman–Crippen MR) is 70.7 cm³/mol. The van der Waals surface area contributed by atoms with E-state index >= 15 is 0 Å². The van der Waals surface area contributed by atoms with Gasteiger partial charge in [-0.2, -0.15) is 4.40 Å². The molecule has 8 heteroatoms. The Hall–Kier alpha value is -1.47. The Balaban J connectivity index is 2.27. The summed E-state index contributed by atoms with van der Waals surface area (Å²) in [5, 5.41) is -0.113. The Morgan fingerprint density at radius 3 is 2.68 bits per heavy atom. The third-order valence-electron chi connectivity index (χ3n) is 2.69. The van der Waals surface area contributed by atoms with Crippen molar-refractivity contribution in [3.8, 4) is 0 Å². The van der Waals surface area contributed by atoms with Gasteiger partial charge in [0.25, 0.3) is 15.9 Å². The Bertz CT molecular complexity index is 673. The summed E-state index contributed by atoms with van der Waals surface area (Å²) >= 11 is 5.63. The van der Waals surface area contributed by atoms with Crippen molar-refractivity contribution in [2.75, 3.05) is 17.7 Å². The molecule has 0 atom stereocenters. The first-order valence-electron chi connectivity index (χ1n) is 5.35. The van der Waals surface area contributed by atoms with Gasteiger partial charge in [-0.3, -0.25) is 4.79 Å². The second-order valence-electron chi connectivity index (χ2n) is 4.04. The number of halogens is 2. The van der Waals surface area contributed by atoms with Crippen LogP contribution in [0.5, 0.6) is 0 Å². The fourth-order valence-corrected chi connectivity index (χ4v) is 2.86. The van der Waals surface area contributed by atoms with Gasteiger partial charge in [-0.25, -0.2) is 12.8 Å². The van der Waals surface area contributed by atoms with Gasteiger partial charge in [-0.1, -0.05) is 11.6 Å². The highest BCUT2D eigenvalue weighted by Gasteiger charge is 2.28. The SMILES string of the molecule is CN(C(=O)C1=NS(=O)(=O)CC1)c1ccc(F)c(Cl)c1. The summed E-state index contributed by atoms with van der Waals surface area (Å²) in [4.78, 5) is 13.2. The van der Waals surface area contributed by atoms with E-state index in [1.807, 2.05) is 0 Å². The summed E-state index contributed by atoms with van der Waals surface area (Å²) in [6.07, 6.45) is 0.0838. The molecule has 0 N–H and O–H groups in total. The maximum Gasteiger partial charge on any atom is 0.273 e. The standard InChI is InChI=1S/C11H10ClFN2O3S/c1-15(7-2-3-9(13)8(12)6-7)11(16)10-4-5-19(17,18)14-10/h2-3,6H,4-5H2,1H3. The molecule has 0 aromatic heterocycles. The number of benzene rings is 1. The summed E-state index contributed by atoms with van der Waals surface area (Å²) in [5.41, 5.74) is 0.339. The fraction of sp³-hybridized carbons (Fsp3) is 0.273. The number of hydrogen-bond acceptors (Lipinski definition) is 3. The molecule has 0 fully saturated rings. The van der Waals surface area contributed by atoms with Crippen LogP contribution in [0.4, 0.5) is 10.1 Å². The van der Waals surface area contributed by atoms with E-state index in [0.29, 0.717) is 5.69 Å². The van der Waals surface area contributed by atoms with Crippen LogP contribution in [0.25, 0.3) is 0 Å². The van der Waals surface area contributed by atoms with Gasteiger partial charge in [-0.05, 0) is 18.2 Å². The molecular formula is C11H10ClFN2O3S. The van der Waals surface area contributed by atoms with Gasteiger partial charge >= 0.3 is 0 Å². The highest BCUT2D eigenvalue weighted by Crippen LogP contribution is 2.23. The first kappa shape index (κ1) is 14.0. The van der Waals surface area contributed by atoms with Crippen molar-refractivity contribution in [2.45, 2.75) is 6.42 Å². The minimum Gasteiger partial charge on any atom is -0.310 e. The van der Waals surface area contributed by atoms with E-state index in [2.05, 4.69) is 4.40 Å². The summed E-state index contributed by atoms with van der Waals surface area (Å²) < 4.78 is 38.8. The topological polar surface area (TPSA) is 66.8 Å². The Morgan fingerprint density at radius 2 is 2.16 bits per heavy atom. The van der Waals surface area contributed by atoms with Gasteiger partial charge in [0.05, 0.1) is 10.8 Å². The van der Waals surface area contributed by atoms with E-state index in [4.69, 9.17) is 11.6 Å². The largest absolute Gasteiger partial charge is 0.310 e. The first-order chi connectivity index (χ1) is 8.80. The zero-order valence-electron chi connectivity index (χ0n) is 9.93. The lowest BCUT2D eigenvalue weighted by molar-refractivity contribution is -0.112. The Labute approximate surface area is 114 Å². The normalized spacial score (nSPS) is 17.1. The number of hydrogen-bond donors (Lipinski definition) is 0. The molecule has 0 aliphatic carbocycles. The predicted octanol–water partition coefficient (Wildman–Crippen LogP) is 1.62. The summed E-state index contributed by atoms with van der Waals surface area (Å²) in [6, 6.07) is 3.80. The maximum absolute atomic E-state index is 13.0. The molecule has 19 heavy (non-hydrogen) atoms. The number of carbonyl (C=O) groups excluding carboxylic acids is 1. The highest BCUT2D eigenvalue weighted by molar-refractivity contribution is 7.90. The molecule has 1 aliphatic heterocycles. The molecule has 0 unspecified atom stereocenters. The van der Waals surface area contributed by atoms with Crippen LogP contribution in [-0.2, 0) is 14.8 Å². The van der Waals surface area contributed by atoms with Crippen LogP contribution in [0.1, 0.15) is 6.42 Å². The van der Waals surface area contributed by atoms with Crippen molar-refractivity contribution >= 4 is 38.9 Å². The number of sulfonamides is 1. The molecular weight excluding hydrogens is 295 g/mol. The molecule has 1 amide bonds. The second kappa shape index (κ2) is 4.90. The van der Waals surface area contributed by atoms with Gasteiger partial charge in [0.15, 0.2) is 0 Å². The third kappa shape index (κ3) is 2.93. The molecule has 0 spiro atoms. The highest BCUT2D eigenvalue weighted by atomic mass is 35.5. The van der Waals surface area contributed by atoms with Gasteiger partial charge < -0.3 is 4.90 Å². The lowest BCUT2D eigenvalue weighted by Crippen LogP contribution is -2.32. The zero-order chi connectivity index (χ0) is 14.2. The van der Waals surface area contributed by atoms with E-state index in [1.54, 1.807) is 0 Å². The number of nitrogens with zero attached hydrogens (tertiary/aromatic N) is 2. The average Bonchev–Trinajstić information content (AvgIpc) is 2.71. The van der Waals surface area contributed by atoms with E-state index in [9.17, 15) is 17.6 Å². The molecule has 1 aromatic carbocycles. The molecule has 0 saturated carbocycles. The van der Waals surface area contributed by atoms with Crippen LogP contribution in [0.2, 0.25) is 5.02 Å². The zero-order valence-corrected chi connectivity index (χ0v) is 11.5. The number of amides is 1. The summed E-state index contributed by atoms with van der Waals surface area (Å²) in [5.74, 6) is -1.29. The second-order valence-corrected chi connectivity index (χ2v) is 6.20. The number of anilines is 1.